The van der Waals surface area contributed by atoms with Gasteiger partial charge in [0.15, 0.2) is 0 Å². The predicted molar refractivity (Wildman–Crippen MR) is 66.2 cm³/mol. The Hall–Kier alpha value is -1.21. The van der Waals surface area contributed by atoms with Crippen molar-refractivity contribution >= 4 is 21.8 Å². The largest absolute Gasteiger partial charge is 0.339 e. The van der Waals surface area contributed by atoms with Crippen LogP contribution >= 0.6 is 15.9 Å². The molecule has 1 aliphatic carbocycles. The lowest BCUT2D eigenvalue weighted by Crippen LogP contribution is -2.32. The fraction of sp³-hybridized carbons (Fsp3) is 0.417. The van der Waals surface area contributed by atoms with Crippen molar-refractivity contribution in [2.24, 2.45) is 0 Å². The van der Waals surface area contributed by atoms with Crippen molar-refractivity contribution in [1.29, 1.82) is 0 Å². The van der Waals surface area contributed by atoms with Crippen LogP contribution in [0.3, 0.4) is 0 Å². The van der Waals surface area contributed by atoms with Crippen LogP contribution in [-0.4, -0.2) is 16.5 Å². The molecule has 16 heavy (non-hydrogen) atoms. The van der Waals surface area contributed by atoms with Gasteiger partial charge < -0.3 is 9.88 Å². The number of nitrogens with one attached hydrogen (secondary N) is 1. The van der Waals surface area contributed by atoms with Crippen LogP contribution in [0.15, 0.2) is 16.7 Å². The molecule has 1 atom stereocenters. The highest BCUT2D eigenvalue weighted by atomic mass is 79.9. The Kier molecular flexibility index (Phi) is 3.06. The molecule has 3 nitrogen and oxygen atoms in total. The molecule has 0 aromatic carbocycles. The van der Waals surface area contributed by atoms with E-state index in [9.17, 15) is 4.79 Å². The molecule has 1 aromatic heterocycles. The number of hydrogen-bond acceptors (Lipinski definition) is 1. The first-order chi connectivity index (χ1) is 7.61. The third-order valence-electron chi connectivity index (χ3n) is 2.59. The Labute approximate surface area is 103 Å². The molecule has 1 aromatic rings. The molecule has 1 N–H and O–H groups in total. The molecule has 1 unspecified atom stereocenters. The second-order valence-corrected chi connectivity index (χ2v) is 4.96. The Morgan fingerprint density at radius 2 is 2.44 bits per heavy atom. The molecule has 84 valence electrons. The first-order valence-corrected chi connectivity index (χ1v) is 6.05. The van der Waals surface area contributed by atoms with E-state index in [0.717, 1.165) is 17.3 Å². The van der Waals surface area contributed by atoms with Crippen LogP contribution in [-0.2, 0) is 0 Å². The Balaban J connectivity index is 2.19. The van der Waals surface area contributed by atoms with Gasteiger partial charge in [0.1, 0.15) is 5.69 Å². The van der Waals surface area contributed by atoms with E-state index >= 15 is 0 Å². The van der Waals surface area contributed by atoms with E-state index in [0.29, 0.717) is 11.7 Å². The van der Waals surface area contributed by atoms with Crippen molar-refractivity contribution in [2.75, 3.05) is 0 Å². The summed E-state index contributed by atoms with van der Waals surface area (Å²) >= 11 is 3.39. The van der Waals surface area contributed by atoms with Crippen LogP contribution < -0.4 is 5.32 Å². The SMILES string of the molecule is C#CC(C)NC(=O)c1cc(Br)cn1C1CC1. The number of hydrogen-bond donors (Lipinski definition) is 1. The van der Waals surface area contributed by atoms with Crippen molar-refractivity contribution in [2.45, 2.75) is 31.8 Å². The van der Waals surface area contributed by atoms with E-state index in [4.69, 9.17) is 6.42 Å². The lowest BCUT2D eigenvalue weighted by molar-refractivity contribution is 0.0938. The molecule has 0 radical (unpaired) electrons. The average molecular weight is 281 g/mol. The van der Waals surface area contributed by atoms with Gasteiger partial charge in [-0.1, -0.05) is 5.92 Å². The number of aromatic nitrogens is 1. The van der Waals surface area contributed by atoms with Crippen LogP contribution in [0.4, 0.5) is 0 Å². The number of amides is 1. The van der Waals surface area contributed by atoms with E-state index in [-0.39, 0.29) is 11.9 Å². The van der Waals surface area contributed by atoms with E-state index in [1.54, 1.807) is 6.92 Å². The summed E-state index contributed by atoms with van der Waals surface area (Å²) in [4.78, 5) is 11.9. The van der Waals surface area contributed by atoms with Gasteiger partial charge in [0.2, 0.25) is 0 Å². The number of halogens is 1. The predicted octanol–water partition coefficient (Wildman–Crippen LogP) is 2.34. The molecule has 1 saturated carbocycles. The fourth-order valence-corrected chi connectivity index (χ4v) is 2.03. The van der Waals surface area contributed by atoms with Gasteiger partial charge in [-0.3, -0.25) is 4.79 Å². The second kappa shape index (κ2) is 4.34. The molecule has 0 spiro atoms. The smallest absolute Gasteiger partial charge is 0.268 e. The lowest BCUT2D eigenvalue weighted by atomic mass is 10.3. The van der Waals surface area contributed by atoms with Crippen LogP contribution in [0.5, 0.6) is 0 Å². The summed E-state index contributed by atoms with van der Waals surface area (Å²) in [6.45, 7) is 1.79. The van der Waals surface area contributed by atoms with Gasteiger partial charge in [-0.15, -0.1) is 6.42 Å². The van der Waals surface area contributed by atoms with Crippen LogP contribution in [0.25, 0.3) is 0 Å². The molecule has 0 bridgehead atoms. The van der Waals surface area contributed by atoms with Crippen LogP contribution in [0.2, 0.25) is 0 Å². The highest BCUT2D eigenvalue weighted by Gasteiger charge is 2.27. The minimum Gasteiger partial charge on any atom is -0.339 e. The molecule has 0 saturated heterocycles. The Morgan fingerprint density at radius 3 is 3.00 bits per heavy atom. The molecule has 1 heterocycles. The third kappa shape index (κ3) is 2.30. The first-order valence-electron chi connectivity index (χ1n) is 5.26. The van der Waals surface area contributed by atoms with Crippen molar-refractivity contribution in [3.63, 3.8) is 0 Å². The van der Waals surface area contributed by atoms with E-state index in [1.807, 2.05) is 16.8 Å². The van der Waals surface area contributed by atoms with Gasteiger partial charge in [-0.2, -0.15) is 0 Å². The molecular weight excluding hydrogens is 268 g/mol. The first kappa shape index (κ1) is 11.3. The summed E-state index contributed by atoms with van der Waals surface area (Å²) < 4.78 is 2.95. The standard InChI is InChI=1S/C12H13BrN2O/c1-3-8(2)14-12(16)11-6-9(13)7-15(11)10-4-5-10/h1,6-8,10H,4-5H2,2H3,(H,14,16). The third-order valence-corrected chi connectivity index (χ3v) is 3.02. The maximum absolute atomic E-state index is 11.9. The quantitative estimate of drug-likeness (QED) is 0.848. The second-order valence-electron chi connectivity index (χ2n) is 4.04. The van der Waals surface area contributed by atoms with E-state index in [2.05, 4.69) is 27.2 Å². The lowest BCUT2D eigenvalue weighted by Gasteiger charge is -2.10. The number of terminal acetylenes is 1. The Morgan fingerprint density at radius 1 is 1.75 bits per heavy atom. The van der Waals surface area contributed by atoms with Gasteiger partial charge in [0.25, 0.3) is 5.91 Å². The van der Waals surface area contributed by atoms with Crippen molar-refractivity contribution in [3.8, 4) is 12.3 Å². The number of carbonyl (C=O) groups is 1. The zero-order valence-electron chi connectivity index (χ0n) is 9.03. The van der Waals surface area contributed by atoms with Crippen molar-refractivity contribution in [3.05, 3.63) is 22.4 Å². The molecule has 1 aliphatic rings. The van der Waals surface area contributed by atoms with Crippen LogP contribution in [0.1, 0.15) is 36.3 Å². The van der Waals surface area contributed by atoms with Gasteiger partial charge in [-0.25, -0.2) is 0 Å². The van der Waals surface area contributed by atoms with Crippen LogP contribution in [0, 0.1) is 12.3 Å². The van der Waals surface area contributed by atoms with Gasteiger partial charge in [0, 0.05) is 16.7 Å². The van der Waals surface area contributed by atoms with Gasteiger partial charge in [0.05, 0.1) is 6.04 Å². The van der Waals surface area contributed by atoms with Crippen molar-refractivity contribution < 1.29 is 4.79 Å². The summed E-state index contributed by atoms with van der Waals surface area (Å²) in [6.07, 6.45) is 9.47. The zero-order chi connectivity index (χ0) is 11.7. The number of rotatable bonds is 3. The number of nitrogens with zero attached hydrogens (tertiary/aromatic N) is 1. The zero-order valence-corrected chi connectivity index (χ0v) is 10.6. The van der Waals surface area contributed by atoms with E-state index in [1.165, 1.54) is 0 Å². The maximum atomic E-state index is 11.9. The monoisotopic (exact) mass is 280 g/mol. The minimum atomic E-state index is -0.242. The molecule has 1 fully saturated rings. The highest BCUT2D eigenvalue weighted by molar-refractivity contribution is 9.10. The molecule has 2 rings (SSSR count). The highest BCUT2D eigenvalue weighted by Crippen LogP contribution is 2.37. The summed E-state index contributed by atoms with van der Waals surface area (Å²) in [5.74, 6) is 2.38. The topological polar surface area (TPSA) is 34.0 Å². The molecule has 0 aliphatic heterocycles. The Bertz CT molecular complexity index is 454. The normalized spacial score (nSPS) is 16.6. The van der Waals surface area contributed by atoms with Crippen molar-refractivity contribution in [1.82, 2.24) is 9.88 Å². The molecule has 4 heteroatoms. The molecule has 1 amide bonds. The molecular formula is C12H13BrN2O. The number of carbonyl (C=O) groups excluding carboxylic acids is 1. The fourth-order valence-electron chi connectivity index (χ4n) is 1.59. The summed E-state index contributed by atoms with van der Waals surface area (Å²) in [6, 6.07) is 2.07. The van der Waals surface area contributed by atoms with Gasteiger partial charge >= 0.3 is 0 Å². The van der Waals surface area contributed by atoms with Gasteiger partial charge in [-0.05, 0) is 41.8 Å². The average Bonchev–Trinajstić information content (AvgIpc) is 3.01. The van der Waals surface area contributed by atoms with E-state index < -0.39 is 0 Å². The maximum Gasteiger partial charge on any atom is 0.268 e. The summed E-state index contributed by atoms with van der Waals surface area (Å²) in [7, 11) is 0. The summed E-state index contributed by atoms with van der Waals surface area (Å²) in [5, 5.41) is 2.77. The summed E-state index contributed by atoms with van der Waals surface area (Å²) in [5.41, 5.74) is 0.677. The minimum absolute atomic E-state index is 0.108.